The lowest BCUT2D eigenvalue weighted by atomic mass is 10.1. The van der Waals surface area contributed by atoms with E-state index in [0.717, 1.165) is 0 Å². The molecule has 0 amide bonds. The standard InChI is InChI=1S/C12H12ClFN4/c1-7-10(13)6-18(17-7)5-9-3-2-8(12(15)16)4-11(9)14/h2-4,6H,5H2,1H3,(H3,15,16). The molecule has 1 aromatic carbocycles. The molecule has 0 aliphatic carbocycles. The quantitative estimate of drug-likeness (QED) is 0.661. The smallest absolute Gasteiger partial charge is 0.129 e. The van der Waals surface area contributed by atoms with E-state index in [1.54, 1.807) is 29.9 Å². The summed E-state index contributed by atoms with van der Waals surface area (Å²) in [6.45, 7) is 2.08. The minimum absolute atomic E-state index is 0.154. The summed E-state index contributed by atoms with van der Waals surface area (Å²) in [7, 11) is 0. The Labute approximate surface area is 109 Å². The van der Waals surface area contributed by atoms with Crippen molar-refractivity contribution in [2.24, 2.45) is 5.73 Å². The number of nitrogen functional groups attached to an aromatic ring is 1. The minimum Gasteiger partial charge on any atom is -0.384 e. The second kappa shape index (κ2) is 4.78. The van der Waals surface area contributed by atoms with E-state index < -0.39 is 5.82 Å². The second-order valence-corrected chi connectivity index (χ2v) is 4.39. The monoisotopic (exact) mass is 266 g/mol. The van der Waals surface area contributed by atoms with Gasteiger partial charge in [-0.3, -0.25) is 10.1 Å². The first-order valence-corrected chi connectivity index (χ1v) is 5.67. The van der Waals surface area contributed by atoms with Crippen LogP contribution in [0.25, 0.3) is 0 Å². The Balaban J connectivity index is 2.27. The lowest BCUT2D eigenvalue weighted by Crippen LogP contribution is -2.12. The van der Waals surface area contributed by atoms with Crippen LogP contribution in [-0.2, 0) is 6.54 Å². The highest BCUT2D eigenvalue weighted by molar-refractivity contribution is 6.31. The molecule has 0 aliphatic rings. The van der Waals surface area contributed by atoms with Gasteiger partial charge < -0.3 is 5.73 Å². The molecule has 6 heteroatoms. The van der Waals surface area contributed by atoms with Crippen LogP contribution in [0.1, 0.15) is 16.8 Å². The van der Waals surface area contributed by atoms with E-state index in [1.807, 2.05) is 0 Å². The topological polar surface area (TPSA) is 67.7 Å². The molecule has 3 N–H and O–H groups in total. The van der Waals surface area contributed by atoms with Crippen LogP contribution >= 0.6 is 11.6 Å². The number of amidine groups is 1. The Bertz CT molecular complexity index is 587. The van der Waals surface area contributed by atoms with E-state index in [0.29, 0.717) is 21.8 Å². The van der Waals surface area contributed by atoms with E-state index in [1.165, 1.54) is 6.07 Å². The van der Waals surface area contributed by atoms with Gasteiger partial charge in [0.25, 0.3) is 0 Å². The van der Waals surface area contributed by atoms with Crippen molar-refractivity contribution in [1.82, 2.24) is 9.78 Å². The van der Waals surface area contributed by atoms with Crippen molar-refractivity contribution in [3.8, 4) is 0 Å². The Morgan fingerprint density at radius 3 is 2.78 bits per heavy atom. The van der Waals surface area contributed by atoms with Gasteiger partial charge in [0.15, 0.2) is 0 Å². The second-order valence-electron chi connectivity index (χ2n) is 3.98. The fourth-order valence-electron chi connectivity index (χ4n) is 1.59. The summed E-state index contributed by atoms with van der Waals surface area (Å²) in [5.41, 5.74) is 6.83. The summed E-state index contributed by atoms with van der Waals surface area (Å²) in [6.07, 6.45) is 1.65. The average Bonchev–Trinajstić information content (AvgIpc) is 2.61. The number of hydrogen-bond acceptors (Lipinski definition) is 2. The van der Waals surface area contributed by atoms with Crippen LogP contribution < -0.4 is 5.73 Å². The van der Waals surface area contributed by atoms with Crippen molar-refractivity contribution in [2.75, 3.05) is 0 Å². The van der Waals surface area contributed by atoms with Gasteiger partial charge in [-0.1, -0.05) is 23.7 Å². The summed E-state index contributed by atoms with van der Waals surface area (Å²) >= 11 is 5.88. The highest BCUT2D eigenvalue weighted by atomic mass is 35.5. The number of rotatable bonds is 3. The van der Waals surface area contributed by atoms with E-state index in [4.69, 9.17) is 22.7 Å². The summed E-state index contributed by atoms with van der Waals surface area (Å²) in [4.78, 5) is 0. The number of aromatic nitrogens is 2. The minimum atomic E-state index is -0.410. The van der Waals surface area contributed by atoms with E-state index >= 15 is 0 Å². The number of hydrogen-bond donors (Lipinski definition) is 2. The summed E-state index contributed by atoms with van der Waals surface area (Å²) in [5.74, 6) is -0.564. The maximum atomic E-state index is 13.8. The first-order chi connectivity index (χ1) is 8.47. The highest BCUT2D eigenvalue weighted by Crippen LogP contribution is 2.15. The fraction of sp³-hybridized carbons (Fsp3) is 0.167. The lowest BCUT2D eigenvalue weighted by Gasteiger charge is -2.05. The SMILES string of the molecule is Cc1nn(Cc2ccc(C(=N)N)cc2F)cc1Cl. The number of nitrogens with zero attached hydrogens (tertiary/aromatic N) is 2. The van der Waals surface area contributed by atoms with Gasteiger partial charge in [0.2, 0.25) is 0 Å². The highest BCUT2D eigenvalue weighted by Gasteiger charge is 2.08. The number of nitrogens with two attached hydrogens (primary N) is 1. The molecule has 0 spiro atoms. The van der Waals surface area contributed by atoms with Gasteiger partial charge in [0.1, 0.15) is 11.7 Å². The largest absolute Gasteiger partial charge is 0.384 e. The zero-order valence-corrected chi connectivity index (χ0v) is 10.5. The zero-order chi connectivity index (χ0) is 13.3. The van der Waals surface area contributed by atoms with Gasteiger partial charge in [0.05, 0.1) is 17.3 Å². The number of nitrogens with one attached hydrogen (secondary N) is 1. The van der Waals surface area contributed by atoms with Crippen molar-refractivity contribution in [2.45, 2.75) is 13.5 Å². The molecule has 2 rings (SSSR count). The van der Waals surface area contributed by atoms with E-state index in [-0.39, 0.29) is 12.4 Å². The average molecular weight is 267 g/mol. The number of benzene rings is 1. The zero-order valence-electron chi connectivity index (χ0n) is 9.74. The first kappa shape index (κ1) is 12.6. The Morgan fingerprint density at radius 2 is 2.28 bits per heavy atom. The predicted molar refractivity (Wildman–Crippen MR) is 68.5 cm³/mol. The van der Waals surface area contributed by atoms with Crippen LogP contribution in [0.5, 0.6) is 0 Å². The van der Waals surface area contributed by atoms with Gasteiger partial charge in [-0.25, -0.2) is 4.39 Å². The molecule has 0 atom stereocenters. The summed E-state index contributed by atoms with van der Waals surface area (Å²) in [6, 6.07) is 4.45. The molecule has 0 radical (unpaired) electrons. The van der Waals surface area contributed by atoms with Crippen LogP contribution in [0.15, 0.2) is 24.4 Å². The number of aryl methyl sites for hydroxylation is 1. The fourth-order valence-corrected chi connectivity index (χ4v) is 1.74. The molecule has 1 aromatic heterocycles. The molecule has 4 nitrogen and oxygen atoms in total. The molecule has 2 aromatic rings. The molecule has 94 valence electrons. The van der Waals surface area contributed by atoms with E-state index in [9.17, 15) is 4.39 Å². The summed E-state index contributed by atoms with van der Waals surface area (Å²) < 4.78 is 15.4. The molecular weight excluding hydrogens is 255 g/mol. The molecule has 18 heavy (non-hydrogen) atoms. The van der Waals surface area contributed by atoms with Gasteiger partial charge in [-0.2, -0.15) is 5.10 Å². The van der Waals surface area contributed by atoms with Crippen molar-refractivity contribution < 1.29 is 4.39 Å². The molecule has 0 saturated heterocycles. The van der Waals surface area contributed by atoms with Gasteiger partial charge in [-0.05, 0) is 13.0 Å². The third-order valence-corrected chi connectivity index (χ3v) is 2.95. The maximum absolute atomic E-state index is 13.8. The van der Waals surface area contributed by atoms with Crippen LogP contribution in [0, 0.1) is 18.2 Å². The number of halogens is 2. The summed E-state index contributed by atoms with van der Waals surface area (Å²) in [5, 5.41) is 11.9. The normalized spacial score (nSPS) is 10.6. The Kier molecular flexibility index (Phi) is 3.34. The Morgan fingerprint density at radius 1 is 1.56 bits per heavy atom. The van der Waals surface area contributed by atoms with Crippen molar-refractivity contribution >= 4 is 17.4 Å². The lowest BCUT2D eigenvalue weighted by molar-refractivity contribution is 0.583. The first-order valence-electron chi connectivity index (χ1n) is 5.29. The molecule has 0 bridgehead atoms. The predicted octanol–water partition coefficient (Wildman–Crippen LogP) is 2.32. The van der Waals surface area contributed by atoms with E-state index in [2.05, 4.69) is 5.10 Å². The van der Waals surface area contributed by atoms with Gasteiger partial charge >= 0.3 is 0 Å². The van der Waals surface area contributed by atoms with Crippen molar-refractivity contribution in [3.05, 3.63) is 52.1 Å². The Hall–Kier alpha value is -1.88. The van der Waals surface area contributed by atoms with Crippen LogP contribution in [0.2, 0.25) is 5.02 Å². The molecule has 0 aliphatic heterocycles. The third-order valence-electron chi connectivity index (χ3n) is 2.58. The van der Waals surface area contributed by atoms with Gasteiger partial charge in [-0.15, -0.1) is 0 Å². The maximum Gasteiger partial charge on any atom is 0.129 e. The van der Waals surface area contributed by atoms with Crippen LogP contribution in [0.4, 0.5) is 4.39 Å². The van der Waals surface area contributed by atoms with Crippen LogP contribution in [0.3, 0.4) is 0 Å². The molecule has 0 fully saturated rings. The van der Waals surface area contributed by atoms with Gasteiger partial charge in [0, 0.05) is 17.3 Å². The molecular formula is C12H12ClFN4. The molecule has 1 heterocycles. The van der Waals surface area contributed by atoms with Crippen molar-refractivity contribution in [1.29, 1.82) is 5.41 Å². The van der Waals surface area contributed by atoms with Crippen LogP contribution in [-0.4, -0.2) is 15.6 Å². The van der Waals surface area contributed by atoms with Crippen molar-refractivity contribution in [3.63, 3.8) is 0 Å². The molecule has 0 saturated carbocycles. The third kappa shape index (κ3) is 2.51. The molecule has 0 unspecified atom stereocenters.